The number of nitriles is 1. The van der Waals surface area contributed by atoms with Crippen molar-refractivity contribution >= 4 is 23.1 Å². The van der Waals surface area contributed by atoms with Gasteiger partial charge in [-0.25, -0.2) is 8.78 Å². The molecule has 26 heavy (non-hydrogen) atoms. The van der Waals surface area contributed by atoms with Crippen molar-refractivity contribution in [2.75, 3.05) is 10.6 Å². The van der Waals surface area contributed by atoms with Gasteiger partial charge < -0.3 is 10.6 Å². The van der Waals surface area contributed by atoms with Crippen molar-refractivity contribution in [1.82, 2.24) is 10.2 Å². The van der Waals surface area contributed by atoms with Gasteiger partial charge >= 0.3 is 0 Å². The molecule has 0 unspecified atom stereocenters. The van der Waals surface area contributed by atoms with E-state index in [0.29, 0.717) is 11.3 Å². The van der Waals surface area contributed by atoms with Crippen LogP contribution >= 0.6 is 0 Å². The maximum absolute atomic E-state index is 13.6. The summed E-state index contributed by atoms with van der Waals surface area (Å²) in [7, 11) is 0. The number of benzene rings is 2. The zero-order valence-electron chi connectivity index (χ0n) is 13.2. The average Bonchev–Trinajstić information content (AvgIpc) is 2.66. The van der Waals surface area contributed by atoms with Gasteiger partial charge in [0.15, 0.2) is 11.5 Å². The first-order chi connectivity index (χ1) is 12.6. The van der Waals surface area contributed by atoms with Gasteiger partial charge in [-0.15, -0.1) is 10.2 Å². The third kappa shape index (κ3) is 3.79. The average molecular weight is 351 g/mol. The summed E-state index contributed by atoms with van der Waals surface area (Å²) in [4.78, 5) is 12.1. The summed E-state index contributed by atoms with van der Waals surface area (Å²) >= 11 is 0. The van der Waals surface area contributed by atoms with Crippen LogP contribution in [0.15, 0.2) is 54.6 Å². The fourth-order valence-electron chi connectivity index (χ4n) is 2.09. The molecule has 128 valence electrons. The van der Waals surface area contributed by atoms with Gasteiger partial charge in [0.1, 0.15) is 17.3 Å². The molecule has 0 radical (unpaired) electrons. The lowest BCUT2D eigenvalue weighted by atomic mass is 10.2. The number of rotatable bonds is 4. The Hall–Kier alpha value is -3.86. The highest BCUT2D eigenvalue weighted by molar-refractivity contribution is 6.02. The number of carbonyl (C=O) groups is 1. The van der Waals surface area contributed by atoms with E-state index in [1.54, 1.807) is 24.3 Å². The highest BCUT2D eigenvalue weighted by Gasteiger charge is 2.12. The fraction of sp³-hybridized carbons (Fsp3) is 0. The number of hydrogen-bond donors (Lipinski definition) is 2. The van der Waals surface area contributed by atoms with Gasteiger partial charge in [-0.3, -0.25) is 4.79 Å². The number of nitrogens with zero attached hydrogens (tertiary/aromatic N) is 3. The van der Waals surface area contributed by atoms with E-state index in [9.17, 15) is 13.6 Å². The van der Waals surface area contributed by atoms with E-state index in [0.717, 1.165) is 12.1 Å². The Morgan fingerprint density at radius 2 is 1.65 bits per heavy atom. The molecule has 0 fully saturated rings. The molecule has 0 saturated heterocycles. The van der Waals surface area contributed by atoms with E-state index in [2.05, 4.69) is 20.8 Å². The van der Waals surface area contributed by atoms with Crippen LogP contribution in [0.25, 0.3) is 0 Å². The van der Waals surface area contributed by atoms with Crippen molar-refractivity contribution in [3.05, 3.63) is 77.5 Å². The molecule has 0 saturated carbocycles. The van der Waals surface area contributed by atoms with Crippen LogP contribution < -0.4 is 10.6 Å². The highest BCUT2D eigenvalue weighted by Crippen LogP contribution is 2.21. The molecule has 2 aromatic carbocycles. The molecule has 1 amide bonds. The van der Waals surface area contributed by atoms with Gasteiger partial charge in [0, 0.05) is 5.69 Å². The van der Waals surface area contributed by atoms with Crippen LogP contribution in [0.4, 0.5) is 26.0 Å². The van der Waals surface area contributed by atoms with Crippen molar-refractivity contribution in [3.8, 4) is 6.07 Å². The lowest BCUT2D eigenvalue weighted by molar-refractivity contribution is 0.102. The van der Waals surface area contributed by atoms with Gasteiger partial charge in [-0.2, -0.15) is 5.26 Å². The number of amides is 1. The van der Waals surface area contributed by atoms with Gasteiger partial charge in [-0.1, -0.05) is 6.07 Å². The zero-order chi connectivity index (χ0) is 18.5. The van der Waals surface area contributed by atoms with E-state index in [1.807, 2.05) is 6.07 Å². The largest absolute Gasteiger partial charge is 0.334 e. The van der Waals surface area contributed by atoms with Gasteiger partial charge in [0.25, 0.3) is 5.91 Å². The number of aromatic nitrogens is 2. The molecular weight excluding hydrogens is 340 g/mol. The first kappa shape index (κ1) is 17.0. The first-order valence-electron chi connectivity index (χ1n) is 7.43. The minimum atomic E-state index is -0.769. The number of carbonyl (C=O) groups excluding carboxylic acids is 1. The summed E-state index contributed by atoms with van der Waals surface area (Å²) in [6.07, 6.45) is 0. The minimum Gasteiger partial charge on any atom is -0.334 e. The molecule has 2 N–H and O–H groups in total. The van der Waals surface area contributed by atoms with E-state index in [-0.39, 0.29) is 17.2 Å². The monoisotopic (exact) mass is 351 g/mol. The van der Waals surface area contributed by atoms with Crippen LogP contribution in [-0.4, -0.2) is 16.1 Å². The van der Waals surface area contributed by atoms with Gasteiger partial charge in [0.05, 0.1) is 11.6 Å². The Morgan fingerprint density at radius 1 is 0.962 bits per heavy atom. The second-order valence-electron chi connectivity index (χ2n) is 5.17. The molecule has 0 atom stereocenters. The molecule has 6 nitrogen and oxygen atoms in total. The summed E-state index contributed by atoms with van der Waals surface area (Å²) in [5.74, 6) is -1.96. The summed E-state index contributed by atoms with van der Waals surface area (Å²) < 4.78 is 27.2. The quantitative estimate of drug-likeness (QED) is 0.749. The first-order valence-corrected chi connectivity index (χ1v) is 7.43. The Labute approximate surface area is 147 Å². The molecule has 1 aromatic heterocycles. The smallest absolute Gasteiger partial charge is 0.276 e. The Kier molecular flexibility index (Phi) is 4.80. The molecule has 0 spiro atoms. The van der Waals surface area contributed by atoms with Crippen molar-refractivity contribution < 1.29 is 13.6 Å². The fourth-order valence-corrected chi connectivity index (χ4v) is 2.09. The standard InChI is InChI=1S/C18H11F2N5O/c19-13-2-1-3-14(20)17(13)23-16-9-8-15(24-25-16)18(26)22-12-6-4-11(10-21)5-7-12/h1-9H,(H,22,26)(H,23,25). The van der Waals surface area contributed by atoms with Crippen LogP contribution in [0.3, 0.4) is 0 Å². The maximum atomic E-state index is 13.6. The van der Waals surface area contributed by atoms with Crippen LogP contribution in [0, 0.1) is 23.0 Å². The van der Waals surface area contributed by atoms with Gasteiger partial charge in [0.2, 0.25) is 0 Å². The zero-order valence-corrected chi connectivity index (χ0v) is 13.2. The number of hydrogen-bond acceptors (Lipinski definition) is 5. The molecule has 8 heteroatoms. The van der Waals surface area contributed by atoms with Crippen molar-refractivity contribution in [3.63, 3.8) is 0 Å². The molecule has 3 rings (SSSR count). The SMILES string of the molecule is N#Cc1ccc(NC(=O)c2ccc(Nc3c(F)cccc3F)nn2)cc1. The third-order valence-corrected chi connectivity index (χ3v) is 3.38. The normalized spacial score (nSPS) is 10.0. The molecular formula is C18H11F2N5O. The van der Waals surface area contributed by atoms with Crippen molar-refractivity contribution in [2.45, 2.75) is 0 Å². The van der Waals surface area contributed by atoms with Crippen molar-refractivity contribution in [2.24, 2.45) is 0 Å². The molecule has 0 aliphatic carbocycles. The molecule has 0 bridgehead atoms. The number of halogens is 2. The maximum Gasteiger partial charge on any atom is 0.276 e. The van der Waals surface area contributed by atoms with E-state index in [1.165, 1.54) is 18.2 Å². The van der Waals surface area contributed by atoms with Gasteiger partial charge in [-0.05, 0) is 48.5 Å². The predicted molar refractivity (Wildman–Crippen MR) is 90.8 cm³/mol. The van der Waals surface area contributed by atoms with Crippen LogP contribution in [-0.2, 0) is 0 Å². The van der Waals surface area contributed by atoms with Crippen LogP contribution in [0.5, 0.6) is 0 Å². The summed E-state index contributed by atoms with van der Waals surface area (Å²) in [6.45, 7) is 0. The van der Waals surface area contributed by atoms with E-state index in [4.69, 9.17) is 5.26 Å². The molecule has 0 aliphatic rings. The summed E-state index contributed by atoms with van der Waals surface area (Å²) in [6, 6.07) is 14.5. The topological polar surface area (TPSA) is 90.7 Å². The number of nitrogens with one attached hydrogen (secondary N) is 2. The summed E-state index contributed by atoms with van der Waals surface area (Å²) in [5, 5.41) is 21.3. The van der Waals surface area contributed by atoms with E-state index < -0.39 is 17.5 Å². The van der Waals surface area contributed by atoms with Crippen LogP contribution in [0.2, 0.25) is 0 Å². The molecule has 1 heterocycles. The number of anilines is 3. The lowest BCUT2D eigenvalue weighted by Gasteiger charge is -2.08. The summed E-state index contributed by atoms with van der Waals surface area (Å²) in [5.41, 5.74) is 0.635. The Balaban J connectivity index is 1.70. The predicted octanol–water partition coefficient (Wildman–Crippen LogP) is 3.62. The van der Waals surface area contributed by atoms with E-state index >= 15 is 0 Å². The second-order valence-corrected chi connectivity index (χ2v) is 5.17. The van der Waals surface area contributed by atoms with Crippen molar-refractivity contribution in [1.29, 1.82) is 5.26 Å². The Bertz CT molecular complexity index is 962. The van der Waals surface area contributed by atoms with Crippen LogP contribution in [0.1, 0.15) is 16.1 Å². The third-order valence-electron chi connectivity index (χ3n) is 3.38. The lowest BCUT2D eigenvalue weighted by Crippen LogP contribution is -2.14. The number of para-hydroxylation sites is 1. The Morgan fingerprint density at radius 3 is 2.23 bits per heavy atom. The highest BCUT2D eigenvalue weighted by atomic mass is 19.1. The minimum absolute atomic E-state index is 0.0221. The molecule has 0 aliphatic heterocycles. The molecule has 3 aromatic rings. The second kappa shape index (κ2) is 7.36.